The Morgan fingerprint density at radius 1 is 0.854 bits per heavy atom. The third-order valence-electron chi connectivity index (χ3n) is 9.23. The van der Waals surface area contributed by atoms with E-state index in [-0.39, 0.29) is 11.1 Å². The van der Waals surface area contributed by atoms with E-state index in [4.69, 9.17) is 19.5 Å². The number of para-hydroxylation sites is 1. The number of fused-ring (bicyclic) bond motifs is 4. The first-order valence-electron chi connectivity index (χ1n) is 14.8. The molecule has 3 aromatic carbocycles. The minimum atomic E-state index is -0.252. The first-order valence-corrected chi connectivity index (χ1v) is 14.8. The topological polar surface area (TPSA) is 48.6 Å². The Kier molecular flexibility index (Phi) is 5.97. The molecule has 2 aromatic heterocycles. The smallest absolute Gasteiger partial charge is 0.217 e. The van der Waals surface area contributed by atoms with Crippen LogP contribution in [-0.4, -0.2) is 26.6 Å². The Labute approximate surface area is 241 Å². The Hall–Kier alpha value is -4.12. The Bertz CT molecular complexity index is 1830. The van der Waals surface area contributed by atoms with Crippen molar-refractivity contribution >= 4 is 27.7 Å². The van der Waals surface area contributed by atoms with Crippen molar-refractivity contribution in [3.05, 3.63) is 95.7 Å². The van der Waals surface area contributed by atoms with Gasteiger partial charge >= 0.3 is 0 Å². The van der Waals surface area contributed by atoms with E-state index in [1.165, 1.54) is 34.7 Å². The third-order valence-corrected chi connectivity index (χ3v) is 9.23. The van der Waals surface area contributed by atoms with Gasteiger partial charge in [0.2, 0.25) is 5.90 Å². The minimum absolute atomic E-state index is 0.183. The number of hydrogen-bond donors (Lipinski definition) is 0. The Morgan fingerprint density at radius 2 is 1.66 bits per heavy atom. The van der Waals surface area contributed by atoms with Gasteiger partial charge < -0.3 is 9.47 Å². The number of nitrogens with zero attached hydrogens (tertiary/aromatic N) is 3. The molecule has 0 amide bonds. The summed E-state index contributed by atoms with van der Waals surface area (Å²) in [6.07, 6.45) is 6.35. The molecule has 5 heteroatoms. The minimum Gasteiger partial charge on any atom is -0.469 e. The molecule has 41 heavy (non-hydrogen) atoms. The summed E-state index contributed by atoms with van der Waals surface area (Å²) in [7, 11) is 0. The molecule has 0 saturated heterocycles. The molecule has 0 N–H and O–H groups in total. The van der Waals surface area contributed by atoms with Gasteiger partial charge in [-0.3, -0.25) is 4.57 Å². The van der Waals surface area contributed by atoms with Crippen molar-refractivity contribution in [1.82, 2.24) is 9.55 Å². The van der Waals surface area contributed by atoms with Crippen molar-refractivity contribution < 1.29 is 9.47 Å². The average molecular weight is 544 g/mol. The maximum atomic E-state index is 6.63. The summed E-state index contributed by atoms with van der Waals surface area (Å²) >= 11 is 0. The summed E-state index contributed by atoms with van der Waals surface area (Å²) < 4.78 is 15.5. The lowest BCUT2D eigenvalue weighted by atomic mass is 9.72. The largest absolute Gasteiger partial charge is 0.469 e. The Balaban J connectivity index is 1.31. The second-order valence-electron chi connectivity index (χ2n) is 12.5. The number of aliphatic imine (C=N–C) groups is 1. The first-order chi connectivity index (χ1) is 19.7. The maximum Gasteiger partial charge on any atom is 0.217 e. The highest BCUT2D eigenvalue weighted by atomic mass is 16.5. The van der Waals surface area contributed by atoms with E-state index in [1.807, 2.05) is 12.3 Å². The predicted molar refractivity (Wildman–Crippen MR) is 167 cm³/mol. The van der Waals surface area contributed by atoms with E-state index in [9.17, 15) is 0 Å². The van der Waals surface area contributed by atoms with Crippen molar-refractivity contribution in [2.24, 2.45) is 4.99 Å². The zero-order chi connectivity index (χ0) is 28.4. The average Bonchev–Trinajstić information content (AvgIpc) is 3.43. The summed E-state index contributed by atoms with van der Waals surface area (Å²) in [6, 6.07) is 25.4. The number of hydrogen-bond acceptors (Lipinski definition) is 4. The standard InChI is InChI=1S/C36H37N3O2/c1-23(2)25-19-26(34-38-35(4)15-8-9-16-36(35,5)41-34)21-28(20-25)40-27-12-13-30-29-10-6-7-11-31(29)39(32(30)22-27)33-18-24(3)14-17-37-33/h6-7,10-14,17-23H,8-9,15-16H2,1-5H3/t35-,36+/m1/s1. The molecule has 2 atom stereocenters. The van der Waals surface area contributed by atoms with Gasteiger partial charge in [-0.15, -0.1) is 0 Å². The maximum absolute atomic E-state index is 6.63. The van der Waals surface area contributed by atoms with Crippen LogP contribution in [0.4, 0.5) is 0 Å². The molecule has 3 heterocycles. The number of aromatic nitrogens is 2. The van der Waals surface area contributed by atoms with Crippen LogP contribution in [0.3, 0.4) is 0 Å². The highest BCUT2D eigenvalue weighted by Gasteiger charge is 2.53. The summed E-state index contributed by atoms with van der Waals surface area (Å²) in [4.78, 5) is 9.90. The quantitative estimate of drug-likeness (QED) is 0.222. The second-order valence-corrected chi connectivity index (χ2v) is 12.5. The van der Waals surface area contributed by atoms with Crippen molar-refractivity contribution in [3.63, 3.8) is 0 Å². The molecule has 5 nitrogen and oxygen atoms in total. The molecule has 0 spiro atoms. The van der Waals surface area contributed by atoms with Crippen LogP contribution >= 0.6 is 0 Å². The van der Waals surface area contributed by atoms with Crippen LogP contribution in [0, 0.1) is 6.92 Å². The van der Waals surface area contributed by atoms with Crippen LogP contribution in [0.15, 0.2) is 84.0 Å². The molecule has 1 saturated carbocycles. The van der Waals surface area contributed by atoms with Crippen molar-refractivity contribution in [1.29, 1.82) is 0 Å². The van der Waals surface area contributed by atoms with E-state index in [1.54, 1.807) is 0 Å². The molecule has 7 rings (SSSR count). The summed E-state index contributed by atoms with van der Waals surface area (Å²) in [5, 5.41) is 2.37. The molecule has 1 aliphatic carbocycles. The van der Waals surface area contributed by atoms with Crippen LogP contribution in [0.5, 0.6) is 11.5 Å². The SMILES string of the molecule is Cc1ccnc(-n2c3ccccc3c3ccc(Oc4cc(C5=N[C@]6(C)CCCC[C@]6(C)O5)cc(C(C)C)c4)cc32)c1. The lowest BCUT2D eigenvalue weighted by Gasteiger charge is -2.41. The summed E-state index contributed by atoms with van der Waals surface area (Å²) in [5.41, 5.74) is 5.12. The number of aryl methyl sites for hydroxylation is 1. The van der Waals surface area contributed by atoms with E-state index < -0.39 is 0 Å². The molecular formula is C36H37N3O2. The molecule has 5 aromatic rings. The fourth-order valence-corrected chi connectivity index (χ4v) is 6.56. The van der Waals surface area contributed by atoms with Crippen LogP contribution in [0.25, 0.3) is 27.6 Å². The molecule has 2 aliphatic rings. The van der Waals surface area contributed by atoms with Crippen molar-refractivity contribution in [2.75, 3.05) is 0 Å². The van der Waals surface area contributed by atoms with Crippen LogP contribution < -0.4 is 4.74 Å². The first kappa shape index (κ1) is 25.8. The molecule has 0 bridgehead atoms. The van der Waals surface area contributed by atoms with Crippen molar-refractivity contribution in [2.45, 2.75) is 77.4 Å². The zero-order valence-electron chi connectivity index (χ0n) is 24.6. The fraction of sp³-hybridized carbons (Fsp3) is 0.333. The predicted octanol–water partition coefficient (Wildman–Crippen LogP) is 9.27. The van der Waals surface area contributed by atoms with Gasteiger partial charge in [0, 0.05) is 28.6 Å². The van der Waals surface area contributed by atoms with Crippen LogP contribution in [0.2, 0.25) is 0 Å². The molecule has 0 radical (unpaired) electrons. The van der Waals surface area contributed by atoms with Gasteiger partial charge in [-0.05, 0) is 106 Å². The van der Waals surface area contributed by atoms with Gasteiger partial charge in [0.1, 0.15) is 28.5 Å². The number of rotatable bonds is 5. The molecule has 1 aliphatic heterocycles. The molecular weight excluding hydrogens is 506 g/mol. The van der Waals surface area contributed by atoms with Gasteiger partial charge in [0.25, 0.3) is 0 Å². The van der Waals surface area contributed by atoms with Gasteiger partial charge in [-0.25, -0.2) is 9.98 Å². The van der Waals surface area contributed by atoms with Gasteiger partial charge in [-0.2, -0.15) is 0 Å². The van der Waals surface area contributed by atoms with E-state index >= 15 is 0 Å². The van der Waals surface area contributed by atoms with Gasteiger partial charge in [0.15, 0.2) is 0 Å². The fourth-order valence-electron chi connectivity index (χ4n) is 6.56. The number of benzene rings is 3. The highest BCUT2D eigenvalue weighted by Crippen LogP contribution is 2.47. The van der Waals surface area contributed by atoms with E-state index in [0.717, 1.165) is 52.7 Å². The number of ether oxygens (including phenoxy) is 2. The summed E-state index contributed by atoms with van der Waals surface area (Å²) in [6.45, 7) is 11.0. The monoisotopic (exact) mass is 543 g/mol. The zero-order valence-corrected chi connectivity index (χ0v) is 24.6. The summed E-state index contributed by atoms with van der Waals surface area (Å²) in [5.74, 6) is 3.55. The second kappa shape index (κ2) is 9.47. The molecule has 1 fully saturated rings. The third kappa shape index (κ3) is 4.30. The van der Waals surface area contributed by atoms with Gasteiger partial charge in [-0.1, -0.05) is 38.5 Å². The van der Waals surface area contributed by atoms with Gasteiger partial charge in [0.05, 0.1) is 11.0 Å². The number of pyridine rings is 1. The van der Waals surface area contributed by atoms with Crippen LogP contribution in [-0.2, 0) is 4.74 Å². The lowest BCUT2D eigenvalue weighted by molar-refractivity contribution is 0.000924. The van der Waals surface area contributed by atoms with E-state index in [0.29, 0.717) is 5.92 Å². The van der Waals surface area contributed by atoms with Crippen LogP contribution in [0.1, 0.15) is 76.0 Å². The van der Waals surface area contributed by atoms with E-state index in [2.05, 4.69) is 106 Å². The van der Waals surface area contributed by atoms with Crippen molar-refractivity contribution in [3.8, 4) is 17.3 Å². The molecule has 208 valence electrons. The Morgan fingerprint density at radius 3 is 2.46 bits per heavy atom. The molecule has 0 unspecified atom stereocenters. The highest BCUT2D eigenvalue weighted by molar-refractivity contribution is 6.09. The lowest BCUT2D eigenvalue weighted by Crippen LogP contribution is -2.49. The normalized spacial score (nSPS) is 22.1.